The van der Waals surface area contributed by atoms with E-state index in [9.17, 15) is 0 Å². The molecule has 0 saturated carbocycles. The summed E-state index contributed by atoms with van der Waals surface area (Å²) in [7, 11) is 1.60. The Kier molecular flexibility index (Phi) is 4.25. The Balaban J connectivity index is 1.74. The summed E-state index contributed by atoms with van der Waals surface area (Å²) < 4.78 is 5.06. The summed E-state index contributed by atoms with van der Waals surface area (Å²) in [6.07, 6.45) is 3.29. The van der Waals surface area contributed by atoms with Gasteiger partial charge in [-0.25, -0.2) is 15.0 Å². The van der Waals surface area contributed by atoms with Gasteiger partial charge in [0, 0.05) is 30.4 Å². The van der Waals surface area contributed by atoms with E-state index >= 15 is 0 Å². The van der Waals surface area contributed by atoms with E-state index in [1.54, 1.807) is 19.6 Å². The summed E-state index contributed by atoms with van der Waals surface area (Å²) in [5, 5.41) is 3.30. The molecule has 2 aromatic heterocycles. The quantitative estimate of drug-likeness (QED) is 0.782. The van der Waals surface area contributed by atoms with E-state index in [-0.39, 0.29) is 0 Å². The molecule has 0 aliphatic heterocycles. The van der Waals surface area contributed by atoms with Gasteiger partial charge >= 0.3 is 0 Å². The van der Waals surface area contributed by atoms with Gasteiger partial charge in [0.25, 0.3) is 0 Å². The number of hydrogen-bond donors (Lipinski definition) is 1. The number of pyridine rings is 1. The Morgan fingerprint density at radius 1 is 1.00 bits per heavy atom. The normalized spacial score (nSPS) is 10.2. The van der Waals surface area contributed by atoms with Gasteiger partial charge in [-0.1, -0.05) is 30.3 Å². The molecule has 22 heavy (non-hydrogen) atoms. The standard InChI is InChI=1S/C17H16N4O/c1-22-17-8-7-14(11-19-17)15-9-16(21-12-20-15)18-10-13-5-3-2-4-6-13/h2-9,11-12H,10H2,1H3,(H,18,20,21). The Labute approximate surface area is 129 Å². The molecule has 0 aliphatic rings. The number of nitrogens with one attached hydrogen (secondary N) is 1. The van der Waals surface area contributed by atoms with Crippen molar-refractivity contribution in [3.05, 3.63) is 66.6 Å². The number of hydrogen-bond acceptors (Lipinski definition) is 5. The van der Waals surface area contributed by atoms with Gasteiger partial charge in [0.1, 0.15) is 12.1 Å². The maximum absolute atomic E-state index is 5.06. The van der Waals surface area contributed by atoms with E-state index in [0.717, 1.165) is 23.6 Å². The van der Waals surface area contributed by atoms with E-state index in [1.807, 2.05) is 36.4 Å². The minimum atomic E-state index is 0.584. The van der Waals surface area contributed by atoms with Gasteiger partial charge in [0.05, 0.1) is 12.8 Å². The van der Waals surface area contributed by atoms with Crippen molar-refractivity contribution in [1.82, 2.24) is 15.0 Å². The molecule has 0 saturated heterocycles. The molecule has 0 atom stereocenters. The second-order valence-electron chi connectivity index (χ2n) is 4.72. The maximum Gasteiger partial charge on any atom is 0.212 e. The minimum absolute atomic E-state index is 0.584. The first-order valence-electron chi connectivity index (χ1n) is 6.95. The first-order valence-corrected chi connectivity index (χ1v) is 6.95. The van der Waals surface area contributed by atoms with Gasteiger partial charge in [-0.05, 0) is 11.6 Å². The van der Waals surface area contributed by atoms with Crippen LogP contribution >= 0.6 is 0 Å². The number of nitrogens with zero attached hydrogens (tertiary/aromatic N) is 3. The van der Waals surface area contributed by atoms with Crippen LogP contribution in [0.25, 0.3) is 11.3 Å². The lowest BCUT2D eigenvalue weighted by Gasteiger charge is -2.07. The molecule has 0 spiro atoms. The highest BCUT2D eigenvalue weighted by Gasteiger charge is 2.03. The molecule has 0 amide bonds. The number of aromatic nitrogens is 3. The topological polar surface area (TPSA) is 59.9 Å². The van der Waals surface area contributed by atoms with Gasteiger partial charge in [0.15, 0.2) is 0 Å². The predicted molar refractivity (Wildman–Crippen MR) is 85.6 cm³/mol. The van der Waals surface area contributed by atoms with Crippen molar-refractivity contribution >= 4 is 5.82 Å². The van der Waals surface area contributed by atoms with E-state index in [2.05, 4.69) is 32.4 Å². The molecule has 0 unspecified atom stereocenters. The zero-order chi connectivity index (χ0) is 15.2. The average molecular weight is 292 g/mol. The van der Waals surface area contributed by atoms with E-state index < -0.39 is 0 Å². The SMILES string of the molecule is COc1ccc(-c2cc(NCc3ccccc3)ncn2)cn1. The number of methoxy groups -OCH3 is 1. The van der Waals surface area contributed by atoms with Crippen LogP contribution < -0.4 is 10.1 Å². The molecule has 3 aromatic rings. The van der Waals surface area contributed by atoms with Crippen LogP contribution in [0.2, 0.25) is 0 Å². The Morgan fingerprint density at radius 3 is 2.59 bits per heavy atom. The molecule has 0 radical (unpaired) electrons. The third kappa shape index (κ3) is 3.38. The summed E-state index contributed by atoms with van der Waals surface area (Å²) in [6.45, 7) is 0.720. The summed E-state index contributed by atoms with van der Waals surface area (Å²) in [4.78, 5) is 12.7. The predicted octanol–water partition coefficient (Wildman–Crippen LogP) is 3.16. The molecule has 110 valence electrons. The molecular formula is C17H16N4O. The van der Waals surface area contributed by atoms with Crippen molar-refractivity contribution in [3.8, 4) is 17.1 Å². The number of anilines is 1. The first-order chi connectivity index (χ1) is 10.8. The smallest absolute Gasteiger partial charge is 0.212 e. The lowest BCUT2D eigenvalue weighted by Crippen LogP contribution is -2.02. The van der Waals surface area contributed by atoms with Gasteiger partial charge < -0.3 is 10.1 Å². The molecule has 5 nitrogen and oxygen atoms in total. The zero-order valence-corrected chi connectivity index (χ0v) is 12.2. The van der Waals surface area contributed by atoms with Crippen molar-refractivity contribution in [2.24, 2.45) is 0 Å². The molecule has 3 rings (SSSR count). The molecule has 0 fully saturated rings. The van der Waals surface area contributed by atoms with Crippen molar-refractivity contribution in [1.29, 1.82) is 0 Å². The average Bonchev–Trinajstić information content (AvgIpc) is 2.61. The van der Waals surface area contributed by atoms with Crippen LogP contribution in [0.5, 0.6) is 5.88 Å². The van der Waals surface area contributed by atoms with Gasteiger partial charge in [-0.2, -0.15) is 0 Å². The Morgan fingerprint density at radius 2 is 1.86 bits per heavy atom. The van der Waals surface area contributed by atoms with E-state index in [1.165, 1.54) is 5.56 Å². The second kappa shape index (κ2) is 6.67. The van der Waals surface area contributed by atoms with E-state index in [0.29, 0.717) is 5.88 Å². The lowest BCUT2D eigenvalue weighted by atomic mass is 10.2. The summed E-state index contributed by atoms with van der Waals surface area (Å²) in [5.41, 5.74) is 2.94. The fourth-order valence-electron chi connectivity index (χ4n) is 2.05. The minimum Gasteiger partial charge on any atom is -0.481 e. The third-order valence-electron chi connectivity index (χ3n) is 3.22. The number of ether oxygens (including phenoxy) is 1. The first kappa shape index (κ1) is 14.0. The number of benzene rings is 1. The van der Waals surface area contributed by atoms with Crippen molar-refractivity contribution in [2.45, 2.75) is 6.54 Å². The summed E-state index contributed by atoms with van der Waals surface area (Å²) >= 11 is 0. The van der Waals surface area contributed by atoms with Crippen molar-refractivity contribution < 1.29 is 4.74 Å². The van der Waals surface area contributed by atoms with Crippen molar-refractivity contribution in [2.75, 3.05) is 12.4 Å². The molecule has 5 heteroatoms. The highest BCUT2D eigenvalue weighted by Crippen LogP contribution is 2.20. The lowest BCUT2D eigenvalue weighted by molar-refractivity contribution is 0.398. The van der Waals surface area contributed by atoms with Crippen LogP contribution in [-0.4, -0.2) is 22.1 Å². The fraction of sp³-hybridized carbons (Fsp3) is 0.118. The molecule has 0 aliphatic carbocycles. The maximum atomic E-state index is 5.06. The number of rotatable bonds is 5. The Hall–Kier alpha value is -2.95. The highest BCUT2D eigenvalue weighted by atomic mass is 16.5. The van der Waals surface area contributed by atoms with E-state index in [4.69, 9.17) is 4.74 Å². The third-order valence-corrected chi connectivity index (χ3v) is 3.22. The molecule has 1 N–H and O–H groups in total. The van der Waals surface area contributed by atoms with Crippen LogP contribution in [0.4, 0.5) is 5.82 Å². The van der Waals surface area contributed by atoms with Gasteiger partial charge in [-0.15, -0.1) is 0 Å². The highest BCUT2D eigenvalue weighted by molar-refractivity contribution is 5.61. The fourth-order valence-corrected chi connectivity index (χ4v) is 2.05. The van der Waals surface area contributed by atoms with Crippen LogP contribution in [0.1, 0.15) is 5.56 Å². The second-order valence-corrected chi connectivity index (χ2v) is 4.72. The van der Waals surface area contributed by atoms with Gasteiger partial charge in [-0.3, -0.25) is 0 Å². The van der Waals surface area contributed by atoms with Crippen LogP contribution in [-0.2, 0) is 6.54 Å². The molecular weight excluding hydrogens is 276 g/mol. The monoisotopic (exact) mass is 292 g/mol. The van der Waals surface area contributed by atoms with Crippen LogP contribution in [0.3, 0.4) is 0 Å². The van der Waals surface area contributed by atoms with Crippen LogP contribution in [0.15, 0.2) is 61.1 Å². The molecule has 1 aromatic carbocycles. The summed E-state index contributed by atoms with van der Waals surface area (Å²) in [6, 6.07) is 15.8. The van der Waals surface area contributed by atoms with Gasteiger partial charge in [0.2, 0.25) is 5.88 Å². The zero-order valence-electron chi connectivity index (χ0n) is 12.2. The summed E-state index contributed by atoms with van der Waals surface area (Å²) in [5.74, 6) is 1.37. The van der Waals surface area contributed by atoms with Crippen LogP contribution in [0, 0.1) is 0 Å². The molecule has 0 bridgehead atoms. The Bertz CT molecular complexity index is 729. The molecule has 2 heterocycles. The van der Waals surface area contributed by atoms with Crippen molar-refractivity contribution in [3.63, 3.8) is 0 Å². The largest absolute Gasteiger partial charge is 0.481 e.